The third kappa shape index (κ3) is 4.12. The number of carbonyl (C=O) groups excluding carboxylic acids is 1. The van der Waals surface area contributed by atoms with E-state index in [1.54, 1.807) is 24.7 Å². The van der Waals surface area contributed by atoms with Gasteiger partial charge in [-0.15, -0.1) is 0 Å². The van der Waals surface area contributed by atoms with Crippen LogP contribution in [0, 0.1) is 0 Å². The summed E-state index contributed by atoms with van der Waals surface area (Å²) in [6.07, 6.45) is 1.06. The molecule has 0 aliphatic rings. The van der Waals surface area contributed by atoms with Gasteiger partial charge in [0, 0.05) is 14.1 Å². The Hall–Kier alpha value is -2.60. The van der Waals surface area contributed by atoms with Gasteiger partial charge in [-0.25, -0.2) is 4.98 Å². The van der Waals surface area contributed by atoms with Gasteiger partial charge in [0.15, 0.2) is 5.16 Å². The lowest BCUT2D eigenvalue weighted by molar-refractivity contribution is -0.125. The van der Waals surface area contributed by atoms with E-state index < -0.39 is 0 Å². The number of carbonyl (C=O) groups is 1. The molecule has 146 valence electrons. The Bertz CT molecular complexity index is 1040. The van der Waals surface area contributed by atoms with Crippen LogP contribution in [0.25, 0.3) is 16.6 Å². The number of hydrogen-bond acceptors (Lipinski definition) is 4. The fourth-order valence-electron chi connectivity index (χ4n) is 2.88. The van der Waals surface area contributed by atoms with Crippen molar-refractivity contribution in [3.63, 3.8) is 0 Å². The van der Waals surface area contributed by atoms with Crippen LogP contribution in [0.3, 0.4) is 0 Å². The molecule has 3 rings (SSSR count). The second-order valence-electron chi connectivity index (χ2n) is 7.03. The Morgan fingerprint density at radius 2 is 1.82 bits per heavy atom. The number of para-hydroxylation sites is 1. The van der Waals surface area contributed by atoms with E-state index >= 15 is 0 Å². The summed E-state index contributed by atoms with van der Waals surface area (Å²) in [5.41, 5.74) is 2.52. The van der Waals surface area contributed by atoms with Gasteiger partial charge in [-0.3, -0.25) is 14.2 Å². The van der Waals surface area contributed by atoms with Gasteiger partial charge < -0.3 is 4.90 Å². The highest BCUT2D eigenvalue weighted by molar-refractivity contribution is 7.99. The minimum atomic E-state index is -0.123. The Balaban J connectivity index is 2.10. The van der Waals surface area contributed by atoms with E-state index in [2.05, 4.69) is 31.0 Å². The number of rotatable bonds is 6. The molecule has 0 saturated heterocycles. The minimum Gasteiger partial charge on any atom is -0.348 e. The highest BCUT2D eigenvalue weighted by Gasteiger charge is 2.15. The average Bonchev–Trinajstić information content (AvgIpc) is 2.71. The Morgan fingerprint density at radius 1 is 1.14 bits per heavy atom. The summed E-state index contributed by atoms with van der Waals surface area (Å²) in [6.45, 7) is 4.35. The highest BCUT2D eigenvalue weighted by Crippen LogP contribution is 2.24. The molecule has 1 heterocycles. The van der Waals surface area contributed by atoms with Crippen molar-refractivity contribution in [1.29, 1.82) is 0 Å². The van der Waals surface area contributed by atoms with E-state index in [9.17, 15) is 9.59 Å². The third-order valence-electron chi connectivity index (χ3n) is 4.90. The van der Waals surface area contributed by atoms with Crippen LogP contribution in [0.4, 0.5) is 0 Å². The molecule has 3 aromatic rings. The van der Waals surface area contributed by atoms with E-state index in [0.717, 1.165) is 12.1 Å². The predicted octanol–water partition coefficient (Wildman–Crippen LogP) is 4.08. The second-order valence-corrected chi connectivity index (χ2v) is 7.97. The molecule has 5 nitrogen and oxygen atoms in total. The van der Waals surface area contributed by atoms with Crippen LogP contribution >= 0.6 is 11.8 Å². The quantitative estimate of drug-likeness (QED) is 0.466. The van der Waals surface area contributed by atoms with Crippen molar-refractivity contribution in [2.75, 3.05) is 19.8 Å². The highest BCUT2D eigenvalue weighted by atomic mass is 32.2. The third-order valence-corrected chi connectivity index (χ3v) is 5.82. The van der Waals surface area contributed by atoms with Crippen LogP contribution in [-0.2, 0) is 4.79 Å². The van der Waals surface area contributed by atoms with Crippen molar-refractivity contribution in [1.82, 2.24) is 14.5 Å². The van der Waals surface area contributed by atoms with Gasteiger partial charge in [-0.05, 0) is 42.2 Å². The molecule has 0 unspecified atom stereocenters. The molecule has 6 heteroatoms. The molecule has 1 atom stereocenters. The Kier molecular flexibility index (Phi) is 6.19. The SMILES string of the molecule is CC[C@H](C)c1ccc(-n2c(SCC(=O)N(C)C)nc3ccccc3c2=O)cc1. The van der Waals surface area contributed by atoms with E-state index in [0.29, 0.717) is 22.0 Å². The molecule has 1 amide bonds. The van der Waals surface area contributed by atoms with Crippen LogP contribution in [0.5, 0.6) is 0 Å². The Morgan fingerprint density at radius 3 is 2.46 bits per heavy atom. The van der Waals surface area contributed by atoms with Crippen LogP contribution < -0.4 is 5.56 Å². The summed E-state index contributed by atoms with van der Waals surface area (Å²) in [5.74, 6) is 0.668. The minimum absolute atomic E-state index is 0.0222. The van der Waals surface area contributed by atoms with Gasteiger partial charge in [0.05, 0.1) is 22.3 Å². The van der Waals surface area contributed by atoms with Crippen molar-refractivity contribution in [2.24, 2.45) is 0 Å². The number of fused-ring (bicyclic) bond motifs is 1. The van der Waals surface area contributed by atoms with Crippen LogP contribution in [0.2, 0.25) is 0 Å². The largest absolute Gasteiger partial charge is 0.348 e. The van der Waals surface area contributed by atoms with Gasteiger partial charge in [-0.2, -0.15) is 0 Å². The first-order valence-electron chi connectivity index (χ1n) is 9.37. The number of benzene rings is 2. The van der Waals surface area contributed by atoms with Crippen LogP contribution in [0.15, 0.2) is 58.5 Å². The maximum atomic E-state index is 13.2. The van der Waals surface area contributed by atoms with Crippen LogP contribution in [0.1, 0.15) is 31.7 Å². The number of nitrogens with zero attached hydrogens (tertiary/aromatic N) is 3. The van der Waals surface area contributed by atoms with E-state index in [1.165, 1.54) is 22.2 Å². The molecule has 0 aliphatic heterocycles. The molecule has 28 heavy (non-hydrogen) atoms. The van der Waals surface area contributed by atoms with Crippen molar-refractivity contribution in [3.05, 3.63) is 64.4 Å². The summed E-state index contributed by atoms with van der Waals surface area (Å²) in [7, 11) is 3.44. The summed E-state index contributed by atoms with van der Waals surface area (Å²) < 4.78 is 1.61. The summed E-state index contributed by atoms with van der Waals surface area (Å²) in [6, 6.07) is 15.3. The van der Waals surface area contributed by atoms with E-state index in [-0.39, 0.29) is 17.2 Å². The Labute approximate surface area is 169 Å². The lowest BCUT2D eigenvalue weighted by Crippen LogP contribution is -2.25. The fraction of sp³-hybridized carbons (Fsp3) is 0.318. The first kappa shape index (κ1) is 20.1. The van der Waals surface area contributed by atoms with Gasteiger partial charge in [0.25, 0.3) is 5.56 Å². The molecule has 0 N–H and O–H groups in total. The summed E-state index contributed by atoms with van der Waals surface area (Å²) >= 11 is 1.28. The van der Waals surface area contributed by atoms with E-state index in [1.807, 2.05) is 30.3 Å². The molecule has 0 spiro atoms. The standard InChI is InChI=1S/C22H25N3O2S/c1-5-15(2)16-10-12-17(13-11-16)25-21(27)18-8-6-7-9-19(18)23-22(25)28-14-20(26)24(3)4/h6-13,15H,5,14H2,1-4H3/t15-/m0/s1. The number of aromatic nitrogens is 2. The molecule has 0 bridgehead atoms. The first-order chi connectivity index (χ1) is 13.4. The van der Waals surface area contributed by atoms with Gasteiger partial charge in [0.1, 0.15) is 0 Å². The maximum Gasteiger partial charge on any atom is 0.266 e. The van der Waals surface area contributed by atoms with Crippen molar-refractivity contribution in [2.45, 2.75) is 31.3 Å². The second kappa shape index (κ2) is 8.61. The van der Waals surface area contributed by atoms with Gasteiger partial charge in [0.2, 0.25) is 5.91 Å². The molecular weight excluding hydrogens is 370 g/mol. The lowest BCUT2D eigenvalue weighted by atomic mass is 9.98. The molecule has 0 saturated carbocycles. The molecule has 0 fully saturated rings. The zero-order valence-corrected chi connectivity index (χ0v) is 17.5. The van der Waals surface area contributed by atoms with Crippen molar-refractivity contribution in [3.8, 4) is 5.69 Å². The molecule has 2 aromatic carbocycles. The van der Waals surface area contributed by atoms with Crippen molar-refractivity contribution >= 4 is 28.6 Å². The first-order valence-corrected chi connectivity index (χ1v) is 10.4. The number of amides is 1. The summed E-state index contributed by atoms with van der Waals surface area (Å²) in [4.78, 5) is 31.5. The normalized spacial score (nSPS) is 12.1. The molecule has 0 aliphatic carbocycles. The number of hydrogen-bond donors (Lipinski definition) is 0. The smallest absolute Gasteiger partial charge is 0.266 e. The topological polar surface area (TPSA) is 55.2 Å². The van der Waals surface area contributed by atoms with Gasteiger partial charge >= 0.3 is 0 Å². The molecule has 0 radical (unpaired) electrons. The van der Waals surface area contributed by atoms with Crippen LogP contribution in [-0.4, -0.2) is 40.2 Å². The fourth-order valence-corrected chi connectivity index (χ4v) is 3.87. The number of thioether (sulfide) groups is 1. The monoisotopic (exact) mass is 395 g/mol. The lowest BCUT2D eigenvalue weighted by Gasteiger charge is -2.15. The maximum absolute atomic E-state index is 13.2. The zero-order chi connectivity index (χ0) is 20.3. The van der Waals surface area contributed by atoms with Crippen molar-refractivity contribution < 1.29 is 4.79 Å². The predicted molar refractivity (Wildman–Crippen MR) is 115 cm³/mol. The summed E-state index contributed by atoms with van der Waals surface area (Å²) in [5, 5.41) is 1.09. The zero-order valence-electron chi connectivity index (χ0n) is 16.7. The van der Waals surface area contributed by atoms with E-state index in [4.69, 9.17) is 0 Å². The van der Waals surface area contributed by atoms with Gasteiger partial charge in [-0.1, -0.05) is 49.9 Å². The molecule has 1 aromatic heterocycles. The average molecular weight is 396 g/mol. The molecular formula is C22H25N3O2S.